The van der Waals surface area contributed by atoms with Crippen LogP contribution in [-0.4, -0.2) is 22.4 Å². The molecule has 1 aliphatic rings. The molecule has 0 saturated carbocycles. The Labute approximate surface area is 145 Å². The standard InChI is InChI=1S/C20H19N3O2/c1-14-12-19(24)21-16-7-3-5-9-18(16)23(14)20(25)13-22-11-10-15-6-2-4-8-17(15)22/h2-11,14H,12-13H2,1H3,(H,21,24). The first-order chi connectivity index (χ1) is 12.1. The van der Waals surface area contributed by atoms with E-state index < -0.39 is 0 Å². The van der Waals surface area contributed by atoms with Gasteiger partial charge in [0.05, 0.1) is 11.4 Å². The molecular formula is C20H19N3O2. The van der Waals surface area contributed by atoms with Crippen molar-refractivity contribution in [3.05, 3.63) is 60.8 Å². The lowest BCUT2D eigenvalue weighted by molar-refractivity contribution is -0.119. The molecule has 0 spiro atoms. The van der Waals surface area contributed by atoms with E-state index in [-0.39, 0.29) is 30.8 Å². The van der Waals surface area contributed by atoms with Gasteiger partial charge in [0, 0.05) is 24.2 Å². The van der Waals surface area contributed by atoms with Crippen LogP contribution in [0.25, 0.3) is 10.9 Å². The zero-order chi connectivity index (χ0) is 17.4. The minimum Gasteiger partial charge on any atom is -0.338 e. The molecule has 126 valence electrons. The maximum absolute atomic E-state index is 13.1. The first-order valence-corrected chi connectivity index (χ1v) is 8.38. The summed E-state index contributed by atoms with van der Waals surface area (Å²) < 4.78 is 1.95. The van der Waals surface area contributed by atoms with E-state index in [0.29, 0.717) is 5.69 Å². The fourth-order valence-corrected chi connectivity index (χ4v) is 3.47. The summed E-state index contributed by atoms with van der Waals surface area (Å²) in [7, 11) is 0. The quantitative estimate of drug-likeness (QED) is 0.781. The van der Waals surface area contributed by atoms with Gasteiger partial charge in [0.1, 0.15) is 6.54 Å². The van der Waals surface area contributed by atoms with Crippen LogP contribution in [0.2, 0.25) is 0 Å². The fourth-order valence-electron chi connectivity index (χ4n) is 3.47. The van der Waals surface area contributed by atoms with Gasteiger partial charge in [-0.3, -0.25) is 9.59 Å². The maximum atomic E-state index is 13.1. The van der Waals surface area contributed by atoms with Gasteiger partial charge in [0.25, 0.3) is 0 Å². The maximum Gasteiger partial charge on any atom is 0.247 e. The first kappa shape index (κ1) is 15.4. The Kier molecular flexibility index (Phi) is 3.76. The Balaban J connectivity index is 1.70. The molecule has 0 saturated heterocycles. The lowest BCUT2D eigenvalue weighted by Gasteiger charge is -2.28. The largest absolute Gasteiger partial charge is 0.338 e. The number of hydrogen-bond acceptors (Lipinski definition) is 2. The van der Waals surface area contributed by atoms with Crippen molar-refractivity contribution in [2.75, 3.05) is 10.2 Å². The molecule has 2 amide bonds. The molecule has 5 heteroatoms. The number of anilines is 2. The predicted molar refractivity (Wildman–Crippen MR) is 98.6 cm³/mol. The van der Waals surface area contributed by atoms with Gasteiger partial charge in [-0.2, -0.15) is 0 Å². The third-order valence-electron chi connectivity index (χ3n) is 4.61. The number of hydrogen-bond donors (Lipinski definition) is 1. The average molecular weight is 333 g/mol. The van der Waals surface area contributed by atoms with Crippen LogP contribution in [0.5, 0.6) is 0 Å². The Morgan fingerprint density at radius 1 is 1.12 bits per heavy atom. The van der Waals surface area contributed by atoms with Gasteiger partial charge in [-0.25, -0.2) is 0 Å². The molecule has 0 aliphatic carbocycles. The number of fused-ring (bicyclic) bond motifs is 2. The second kappa shape index (κ2) is 6.09. The van der Waals surface area contributed by atoms with E-state index in [0.717, 1.165) is 16.6 Å². The number of benzene rings is 2. The molecule has 0 fully saturated rings. The molecule has 2 aromatic carbocycles. The Bertz CT molecular complexity index is 960. The van der Waals surface area contributed by atoms with Crippen molar-refractivity contribution in [2.24, 2.45) is 0 Å². The normalized spacial score (nSPS) is 17.1. The molecular weight excluding hydrogens is 314 g/mol. The van der Waals surface area contributed by atoms with Crippen molar-refractivity contribution in [3.8, 4) is 0 Å². The second-order valence-corrected chi connectivity index (χ2v) is 6.38. The summed E-state index contributed by atoms with van der Waals surface area (Å²) in [5.41, 5.74) is 2.46. The third-order valence-corrected chi connectivity index (χ3v) is 4.61. The minimum absolute atomic E-state index is 0.0298. The number of carbonyl (C=O) groups excluding carboxylic acids is 2. The molecule has 2 heterocycles. The van der Waals surface area contributed by atoms with Gasteiger partial charge < -0.3 is 14.8 Å². The molecule has 4 rings (SSSR count). The van der Waals surface area contributed by atoms with Crippen molar-refractivity contribution in [3.63, 3.8) is 0 Å². The summed E-state index contributed by atoms with van der Waals surface area (Å²) in [5.74, 6) is -0.0977. The number of aromatic nitrogens is 1. The van der Waals surface area contributed by atoms with Crippen LogP contribution in [0, 0.1) is 0 Å². The van der Waals surface area contributed by atoms with Crippen LogP contribution in [0.15, 0.2) is 60.8 Å². The number of nitrogens with zero attached hydrogens (tertiary/aromatic N) is 2. The number of rotatable bonds is 2. The SMILES string of the molecule is CC1CC(=O)Nc2ccccc2N1C(=O)Cn1ccc2ccccc21. The van der Waals surface area contributed by atoms with Gasteiger partial charge in [0.15, 0.2) is 0 Å². The first-order valence-electron chi connectivity index (χ1n) is 8.38. The van der Waals surface area contributed by atoms with Crippen LogP contribution < -0.4 is 10.2 Å². The lowest BCUT2D eigenvalue weighted by atomic mass is 10.1. The van der Waals surface area contributed by atoms with Crippen LogP contribution >= 0.6 is 0 Å². The summed E-state index contributed by atoms with van der Waals surface area (Å²) in [6.07, 6.45) is 2.22. The summed E-state index contributed by atoms with van der Waals surface area (Å²) in [5, 5.41) is 3.99. The van der Waals surface area contributed by atoms with Crippen molar-refractivity contribution >= 4 is 34.1 Å². The zero-order valence-corrected chi connectivity index (χ0v) is 14.0. The van der Waals surface area contributed by atoms with Crippen LogP contribution in [0.1, 0.15) is 13.3 Å². The van der Waals surface area contributed by atoms with Gasteiger partial charge in [-0.1, -0.05) is 30.3 Å². The number of carbonyl (C=O) groups is 2. The Hall–Kier alpha value is -3.08. The van der Waals surface area contributed by atoms with Crippen molar-refractivity contribution in [1.29, 1.82) is 0 Å². The highest BCUT2D eigenvalue weighted by Gasteiger charge is 2.29. The molecule has 1 atom stereocenters. The minimum atomic E-state index is -0.196. The van der Waals surface area contributed by atoms with Gasteiger partial charge in [0.2, 0.25) is 11.8 Å². The van der Waals surface area contributed by atoms with Crippen LogP contribution in [0.4, 0.5) is 11.4 Å². The fraction of sp³-hybridized carbons (Fsp3) is 0.200. The monoisotopic (exact) mass is 333 g/mol. The molecule has 3 aromatic rings. The van der Waals surface area contributed by atoms with Crippen LogP contribution in [0.3, 0.4) is 0 Å². The van der Waals surface area contributed by atoms with E-state index in [4.69, 9.17) is 0 Å². The van der Waals surface area contributed by atoms with Crippen molar-refractivity contribution in [1.82, 2.24) is 4.57 Å². The Morgan fingerprint density at radius 2 is 1.88 bits per heavy atom. The topological polar surface area (TPSA) is 54.3 Å². The summed E-state index contributed by atoms with van der Waals surface area (Å²) in [4.78, 5) is 26.9. The third kappa shape index (κ3) is 2.78. The molecule has 1 N–H and O–H groups in total. The van der Waals surface area contributed by atoms with E-state index in [1.807, 2.05) is 72.3 Å². The highest BCUT2D eigenvalue weighted by Crippen LogP contribution is 2.31. The predicted octanol–water partition coefficient (Wildman–Crippen LogP) is 3.41. The molecule has 0 bridgehead atoms. The zero-order valence-electron chi connectivity index (χ0n) is 14.0. The van der Waals surface area contributed by atoms with Gasteiger partial charge in [-0.05, 0) is 36.6 Å². The highest BCUT2D eigenvalue weighted by molar-refractivity contribution is 6.04. The van der Waals surface area contributed by atoms with Crippen molar-refractivity contribution < 1.29 is 9.59 Å². The Morgan fingerprint density at radius 3 is 2.76 bits per heavy atom. The number of nitrogens with one attached hydrogen (secondary N) is 1. The van der Waals surface area contributed by atoms with E-state index in [9.17, 15) is 9.59 Å². The molecule has 1 aromatic heterocycles. The van der Waals surface area contributed by atoms with Crippen molar-refractivity contribution in [2.45, 2.75) is 25.9 Å². The molecule has 5 nitrogen and oxygen atoms in total. The molecule has 25 heavy (non-hydrogen) atoms. The summed E-state index contributed by atoms with van der Waals surface area (Å²) >= 11 is 0. The highest BCUT2D eigenvalue weighted by atomic mass is 16.2. The summed E-state index contributed by atoms with van der Waals surface area (Å²) in [6, 6.07) is 17.3. The average Bonchev–Trinajstić information content (AvgIpc) is 2.93. The van der Waals surface area contributed by atoms with Crippen LogP contribution in [-0.2, 0) is 16.1 Å². The number of amides is 2. The van der Waals surface area contributed by atoms with E-state index in [1.54, 1.807) is 4.90 Å². The lowest BCUT2D eigenvalue weighted by Crippen LogP contribution is -2.40. The van der Waals surface area contributed by atoms with E-state index in [2.05, 4.69) is 5.32 Å². The van der Waals surface area contributed by atoms with E-state index >= 15 is 0 Å². The second-order valence-electron chi connectivity index (χ2n) is 6.38. The summed E-state index contributed by atoms with van der Waals surface area (Å²) in [6.45, 7) is 2.15. The molecule has 1 aliphatic heterocycles. The van der Waals surface area contributed by atoms with E-state index in [1.165, 1.54) is 0 Å². The number of para-hydroxylation sites is 3. The smallest absolute Gasteiger partial charge is 0.247 e. The van der Waals surface area contributed by atoms with Gasteiger partial charge >= 0.3 is 0 Å². The molecule has 1 unspecified atom stereocenters. The molecule has 0 radical (unpaired) electrons. The van der Waals surface area contributed by atoms with Gasteiger partial charge in [-0.15, -0.1) is 0 Å².